The molecule has 3 rings (SSSR count). The van der Waals surface area contributed by atoms with E-state index in [1.165, 1.54) is 11.8 Å². The number of guanidine groups is 1. The summed E-state index contributed by atoms with van der Waals surface area (Å²) < 4.78 is 29.5. The topological polar surface area (TPSA) is 71.0 Å². The summed E-state index contributed by atoms with van der Waals surface area (Å²) in [4.78, 5) is 6.63. The number of benzene rings is 1. The van der Waals surface area contributed by atoms with Gasteiger partial charge in [0.25, 0.3) is 0 Å². The fraction of sp³-hybridized carbons (Fsp3) is 0.632. The Labute approximate surface area is 156 Å². The van der Waals surface area contributed by atoms with Crippen LogP contribution in [0.1, 0.15) is 30.7 Å². The minimum absolute atomic E-state index is 0.383. The van der Waals surface area contributed by atoms with Crippen molar-refractivity contribution in [2.75, 3.05) is 46.2 Å². The summed E-state index contributed by atoms with van der Waals surface area (Å²) in [5, 5.41) is 3.34. The number of aliphatic imine (C=N–C) groups is 1. The van der Waals surface area contributed by atoms with Crippen molar-refractivity contribution in [1.29, 1.82) is 0 Å². The van der Waals surface area contributed by atoms with Gasteiger partial charge in [-0.3, -0.25) is 4.99 Å². The Morgan fingerprint density at radius 2 is 2.00 bits per heavy atom. The van der Waals surface area contributed by atoms with Crippen LogP contribution >= 0.6 is 0 Å². The van der Waals surface area contributed by atoms with E-state index in [0.29, 0.717) is 38.5 Å². The van der Waals surface area contributed by atoms with Crippen LogP contribution in [0.2, 0.25) is 0 Å². The van der Waals surface area contributed by atoms with Gasteiger partial charge in [-0.05, 0) is 24.8 Å². The van der Waals surface area contributed by atoms with Crippen molar-refractivity contribution in [2.24, 2.45) is 4.99 Å². The molecular weight excluding hydrogens is 350 g/mol. The van der Waals surface area contributed by atoms with Crippen LogP contribution in [0.3, 0.4) is 0 Å². The summed E-state index contributed by atoms with van der Waals surface area (Å²) in [6.07, 6.45) is 3.48. The van der Waals surface area contributed by atoms with Gasteiger partial charge < -0.3 is 15.0 Å². The van der Waals surface area contributed by atoms with Crippen LogP contribution in [0.5, 0.6) is 0 Å². The van der Waals surface area contributed by atoms with Crippen molar-refractivity contribution in [2.45, 2.75) is 29.9 Å². The van der Waals surface area contributed by atoms with Gasteiger partial charge in [0.1, 0.15) is 0 Å². The smallest absolute Gasteiger partial charge is 0.193 e. The van der Waals surface area contributed by atoms with E-state index in [9.17, 15) is 8.42 Å². The van der Waals surface area contributed by atoms with Crippen molar-refractivity contribution >= 4 is 15.8 Å². The molecule has 0 amide bonds. The van der Waals surface area contributed by atoms with Crippen molar-refractivity contribution in [3.63, 3.8) is 0 Å². The summed E-state index contributed by atoms with van der Waals surface area (Å²) in [5.74, 6) is 1.28. The normalized spacial score (nSPS) is 23.8. The zero-order chi connectivity index (χ0) is 18.6. The molecule has 0 aliphatic carbocycles. The highest BCUT2D eigenvalue weighted by atomic mass is 32.2. The first-order chi connectivity index (χ1) is 12.5. The van der Waals surface area contributed by atoms with E-state index in [4.69, 9.17) is 4.74 Å². The van der Waals surface area contributed by atoms with E-state index in [1.54, 1.807) is 7.05 Å². The molecule has 7 heteroatoms. The number of ether oxygens (including phenoxy) is 1. The van der Waals surface area contributed by atoms with Crippen LogP contribution in [-0.2, 0) is 14.6 Å². The molecule has 2 fully saturated rings. The summed E-state index contributed by atoms with van der Waals surface area (Å²) in [6.45, 7) is 3.20. The quantitative estimate of drug-likeness (QED) is 0.636. The van der Waals surface area contributed by atoms with Crippen molar-refractivity contribution in [1.82, 2.24) is 10.2 Å². The first-order valence-electron chi connectivity index (χ1n) is 9.23. The number of sulfone groups is 1. The lowest BCUT2D eigenvalue weighted by atomic mass is 9.99. The largest absolute Gasteiger partial charge is 0.381 e. The number of hydrogen-bond acceptors (Lipinski definition) is 4. The van der Waals surface area contributed by atoms with E-state index < -0.39 is 14.6 Å². The van der Waals surface area contributed by atoms with Crippen LogP contribution < -0.4 is 5.32 Å². The minimum atomic E-state index is -3.18. The fourth-order valence-corrected chi connectivity index (χ4v) is 5.19. The zero-order valence-corrected chi connectivity index (χ0v) is 16.5. The van der Waals surface area contributed by atoms with Gasteiger partial charge in [0, 0.05) is 52.1 Å². The predicted octanol–water partition coefficient (Wildman–Crippen LogP) is 1.65. The zero-order valence-electron chi connectivity index (χ0n) is 15.6. The van der Waals surface area contributed by atoms with Crippen molar-refractivity contribution in [3.05, 3.63) is 35.9 Å². The van der Waals surface area contributed by atoms with Crippen LogP contribution in [0.4, 0.5) is 0 Å². The molecule has 0 aromatic heterocycles. The molecule has 6 nitrogen and oxygen atoms in total. The van der Waals surface area contributed by atoms with Gasteiger partial charge >= 0.3 is 0 Å². The van der Waals surface area contributed by atoms with Gasteiger partial charge in [0.2, 0.25) is 0 Å². The van der Waals surface area contributed by atoms with Crippen molar-refractivity contribution in [3.8, 4) is 0 Å². The van der Waals surface area contributed by atoms with Gasteiger partial charge in [0.15, 0.2) is 15.8 Å². The summed E-state index contributed by atoms with van der Waals surface area (Å²) in [7, 11) is -1.43. The van der Waals surface area contributed by atoms with Crippen molar-refractivity contribution < 1.29 is 13.2 Å². The predicted molar refractivity (Wildman–Crippen MR) is 104 cm³/mol. The van der Waals surface area contributed by atoms with E-state index in [0.717, 1.165) is 25.5 Å². The Bertz CT molecular complexity index is 728. The molecule has 144 valence electrons. The molecule has 2 heterocycles. The average molecular weight is 380 g/mol. The maximum atomic E-state index is 12.4. The molecule has 0 radical (unpaired) electrons. The number of likely N-dealkylation sites (tertiary alicyclic amines) is 1. The molecule has 2 aliphatic heterocycles. The van der Waals surface area contributed by atoms with Gasteiger partial charge in [-0.15, -0.1) is 0 Å². The van der Waals surface area contributed by atoms with Crippen LogP contribution in [0.15, 0.2) is 35.3 Å². The molecule has 0 saturated carbocycles. The highest BCUT2D eigenvalue weighted by molar-refractivity contribution is 7.92. The number of nitrogens with zero attached hydrogens (tertiary/aromatic N) is 2. The van der Waals surface area contributed by atoms with Gasteiger partial charge in [-0.1, -0.05) is 30.3 Å². The second-order valence-electron chi connectivity index (χ2n) is 7.31. The van der Waals surface area contributed by atoms with E-state index in [1.807, 2.05) is 6.07 Å². The molecule has 26 heavy (non-hydrogen) atoms. The van der Waals surface area contributed by atoms with E-state index in [-0.39, 0.29) is 0 Å². The molecule has 1 atom stereocenters. The van der Waals surface area contributed by atoms with Crippen LogP contribution in [0.25, 0.3) is 0 Å². The van der Waals surface area contributed by atoms with Gasteiger partial charge in [-0.25, -0.2) is 8.42 Å². The van der Waals surface area contributed by atoms with Crippen LogP contribution in [0, 0.1) is 0 Å². The molecule has 0 bridgehead atoms. The SMILES string of the molecule is CN=C(NCC1(S(C)(=O)=O)CCOCC1)N1CCC(c2ccccc2)C1. The summed E-state index contributed by atoms with van der Waals surface area (Å²) >= 11 is 0. The molecule has 1 unspecified atom stereocenters. The van der Waals surface area contributed by atoms with Gasteiger partial charge in [0.05, 0.1) is 4.75 Å². The first kappa shape index (κ1) is 19.2. The number of rotatable bonds is 4. The Kier molecular flexibility index (Phi) is 5.87. The fourth-order valence-electron chi connectivity index (χ4n) is 3.94. The third kappa shape index (κ3) is 4.04. The van der Waals surface area contributed by atoms with Gasteiger partial charge in [-0.2, -0.15) is 0 Å². The molecule has 0 spiro atoms. The number of hydrogen-bond donors (Lipinski definition) is 1. The number of nitrogens with one attached hydrogen (secondary N) is 1. The third-order valence-electron chi connectivity index (χ3n) is 5.73. The minimum Gasteiger partial charge on any atom is -0.381 e. The maximum Gasteiger partial charge on any atom is 0.193 e. The standard InChI is InChI=1S/C19H29N3O3S/c1-20-18(21-15-19(26(2,23)24)9-12-25-13-10-19)22-11-8-17(14-22)16-6-4-3-5-7-16/h3-7,17H,8-15H2,1-2H3,(H,20,21). The highest BCUT2D eigenvalue weighted by Crippen LogP contribution is 2.30. The second-order valence-corrected chi connectivity index (χ2v) is 9.72. The molecule has 2 saturated heterocycles. The molecular formula is C19H29N3O3S. The first-order valence-corrected chi connectivity index (χ1v) is 11.1. The van der Waals surface area contributed by atoms with E-state index >= 15 is 0 Å². The molecule has 1 aromatic rings. The Balaban J connectivity index is 1.65. The van der Waals surface area contributed by atoms with E-state index in [2.05, 4.69) is 39.5 Å². The third-order valence-corrected chi connectivity index (χ3v) is 7.86. The molecule has 1 N–H and O–H groups in total. The lowest BCUT2D eigenvalue weighted by Crippen LogP contribution is -2.54. The van der Waals surface area contributed by atoms with Crippen LogP contribution in [-0.4, -0.2) is 70.2 Å². The lowest BCUT2D eigenvalue weighted by molar-refractivity contribution is 0.0755. The second kappa shape index (κ2) is 7.96. The Morgan fingerprint density at radius 3 is 2.62 bits per heavy atom. The maximum absolute atomic E-state index is 12.4. The monoisotopic (exact) mass is 379 g/mol. The average Bonchev–Trinajstić information content (AvgIpc) is 3.13. The molecule has 1 aromatic carbocycles. The highest BCUT2D eigenvalue weighted by Gasteiger charge is 2.42. The summed E-state index contributed by atoms with van der Waals surface area (Å²) in [6, 6.07) is 10.5. The summed E-state index contributed by atoms with van der Waals surface area (Å²) in [5.41, 5.74) is 1.35. The Hall–Kier alpha value is -1.60. The Morgan fingerprint density at radius 1 is 1.31 bits per heavy atom. The lowest BCUT2D eigenvalue weighted by Gasteiger charge is -2.36. The molecule has 2 aliphatic rings.